The van der Waals surface area contributed by atoms with E-state index in [4.69, 9.17) is 11.6 Å². The molecule has 0 heterocycles. The smallest absolute Gasteiger partial charge is 0.0618 e. The van der Waals surface area contributed by atoms with Gasteiger partial charge in [0.25, 0.3) is 0 Å². The maximum Gasteiger partial charge on any atom is 0.0618 e. The highest BCUT2D eigenvalue weighted by Gasteiger charge is 1.89. The maximum absolute atomic E-state index is 5.65. The van der Waals surface area contributed by atoms with Crippen molar-refractivity contribution in [2.45, 2.75) is 0 Å². The fourth-order valence-electron chi connectivity index (χ4n) is 0.396. The zero-order valence-electron chi connectivity index (χ0n) is 3.99. The number of rotatable bonds is 0. The third kappa shape index (κ3) is 1.36. The molecule has 0 atom stereocenters. The van der Waals surface area contributed by atoms with Crippen LogP contribution in [0.5, 0.6) is 0 Å². The third-order valence-electron chi connectivity index (χ3n) is 0.759. The van der Waals surface area contributed by atoms with E-state index in [1.165, 1.54) is 0 Å². The molecule has 0 nitrogen and oxygen atoms in total. The predicted molar refractivity (Wildman–Crippen MR) is 43.0 cm³/mol. The first-order valence-corrected chi connectivity index (χ1v) is 3.58. The van der Waals surface area contributed by atoms with Crippen LogP contribution in [0.25, 0.3) is 0 Å². The third-order valence-corrected chi connectivity index (χ3v) is 2.29. The average Bonchev–Trinajstić information content (AvgIpc) is 1.77. The fraction of sp³-hybridized carbons (Fsp3) is 0. The normalized spacial score (nSPS) is 9.25. The molecule has 0 bridgehead atoms. The SMILES string of the molecule is Clc1[c]cccc1I. The van der Waals surface area contributed by atoms with Gasteiger partial charge in [0.2, 0.25) is 0 Å². The lowest BCUT2D eigenvalue weighted by Crippen LogP contribution is -1.68. The lowest BCUT2D eigenvalue weighted by molar-refractivity contribution is 1.63. The average molecular weight is 237 g/mol. The molecule has 1 aromatic carbocycles. The second-order valence-corrected chi connectivity index (χ2v) is 2.87. The summed E-state index contributed by atoms with van der Waals surface area (Å²) in [5.74, 6) is 0. The van der Waals surface area contributed by atoms with Crippen molar-refractivity contribution >= 4 is 34.2 Å². The summed E-state index contributed by atoms with van der Waals surface area (Å²) in [6, 6.07) is 8.51. The van der Waals surface area contributed by atoms with E-state index < -0.39 is 0 Å². The minimum absolute atomic E-state index is 0.702. The number of hydrogen-bond donors (Lipinski definition) is 0. The quantitative estimate of drug-likeness (QED) is 0.609. The van der Waals surface area contributed by atoms with Crippen molar-refractivity contribution in [1.29, 1.82) is 0 Å². The highest BCUT2D eigenvalue weighted by atomic mass is 127. The van der Waals surface area contributed by atoms with Gasteiger partial charge in [-0.2, -0.15) is 0 Å². The first kappa shape index (κ1) is 6.36. The van der Waals surface area contributed by atoms with Gasteiger partial charge in [0.1, 0.15) is 0 Å². The molecule has 0 saturated carbocycles. The van der Waals surface area contributed by atoms with Crippen LogP contribution in [0, 0.1) is 9.64 Å². The Balaban J connectivity index is 3.13. The Morgan fingerprint density at radius 1 is 1.62 bits per heavy atom. The van der Waals surface area contributed by atoms with E-state index in [2.05, 4.69) is 28.7 Å². The highest BCUT2D eigenvalue weighted by molar-refractivity contribution is 14.1. The molecule has 0 aliphatic heterocycles. The Bertz CT molecular complexity index is 165. The summed E-state index contributed by atoms with van der Waals surface area (Å²) in [4.78, 5) is 0. The molecule has 0 aliphatic carbocycles. The number of benzene rings is 1. The van der Waals surface area contributed by atoms with E-state index in [-0.39, 0.29) is 0 Å². The van der Waals surface area contributed by atoms with E-state index in [0.29, 0.717) is 5.02 Å². The molecule has 2 heteroatoms. The van der Waals surface area contributed by atoms with E-state index >= 15 is 0 Å². The zero-order valence-corrected chi connectivity index (χ0v) is 6.90. The van der Waals surface area contributed by atoms with Crippen LogP contribution in [0.1, 0.15) is 0 Å². The second-order valence-electron chi connectivity index (χ2n) is 1.33. The maximum atomic E-state index is 5.65. The van der Waals surface area contributed by atoms with Crippen LogP contribution in [0.2, 0.25) is 5.02 Å². The van der Waals surface area contributed by atoms with Crippen molar-refractivity contribution in [3.63, 3.8) is 0 Å². The van der Waals surface area contributed by atoms with E-state index in [1.807, 2.05) is 12.1 Å². The molecule has 1 radical (unpaired) electrons. The van der Waals surface area contributed by atoms with Gasteiger partial charge in [0.05, 0.1) is 5.02 Å². The Hall–Kier alpha value is 0.240. The molecule has 1 rings (SSSR count). The van der Waals surface area contributed by atoms with Crippen molar-refractivity contribution in [3.05, 3.63) is 32.9 Å². The molecule has 0 unspecified atom stereocenters. The second kappa shape index (κ2) is 2.69. The zero-order chi connectivity index (χ0) is 5.98. The van der Waals surface area contributed by atoms with Gasteiger partial charge in [-0.3, -0.25) is 0 Å². The van der Waals surface area contributed by atoms with Gasteiger partial charge >= 0.3 is 0 Å². The minimum Gasteiger partial charge on any atom is -0.0825 e. The lowest BCUT2D eigenvalue weighted by Gasteiger charge is -1.88. The van der Waals surface area contributed by atoms with Crippen LogP contribution in [0.4, 0.5) is 0 Å². The van der Waals surface area contributed by atoms with Gasteiger partial charge in [0, 0.05) is 9.64 Å². The van der Waals surface area contributed by atoms with Crippen LogP contribution >= 0.6 is 34.2 Å². The van der Waals surface area contributed by atoms with Crippen molar-refractivity contribution < 1.29 is 0 Å². The molecule has 0 amide bonds. The summed E-state index contributed by atoms with van der Waals surface area (Å²) in [5.41, 5.74) is 0. The Labute approximate surface area is 67.0 Å². The van der Waals surface area contributed by atoms with Crippen LogP contribution < -0.4 is 0 Å². The van der Waals surface area contributed by atoms with Crippen LogP contribution in [0.15, 0.2) is 18.2 Å². The molecular formula is C6H3ClI. The summed E-state index contributed by atoms with van der Waals surface area (Å²) in [5, 5.41) is 0.702. The van der Waals surface area contributed by atoms with Crippen LogP contribution in [0.3, 0.4) is 0 Å². The molecule has 1 aromatic rings. The van der Waals surface area contributed by atoms with Gasteiger partial charge in [-0.25, -0.2) is 0 Å². The molecule has 0 fully saturated rings. The summed E-state index contributed by atoms with van der Waals surface area (Å²) >= 11 is 7.81. The van der Waals surface area contributed by atoms with Gasteiger partial charge in [-0.15, -0.1) is 0 Å². The van der Waals surface area contributed by atoms with Gasteiger partial charge in [-0.05, 0) is 28.7 Å². The summed E-state index contributed by atoms with van der Waals surface area (Å²) < 4.78 is 1.05. The van der Waals surface area contributed by atoms with Crippen LogP contribution in [-0.4, -0.2) is 0 Å². The predicted octanol–water partition coefficient (Wildman–Crippen LogP) is 2.74. The first-order chi connectivity index (χ1) is 3.80. The highest BCUT2D eigenvalue weighted by Crippen LogP contribution is 2.15. The van der Waals surface area contributed by atoms with Crippen molar-refractivity contribution in [1.82, 2.24) is 0 Å². The van der Waals surface area contributed by atoms with E-state index in [0.717, 1.165) is 3.57 Å². The largest absolute Gasteiger partial charge is 0.0825 e. The lowest BCUT2D eigenvalue weighted by atomic mass is 10.4. The fourth-order valence-corrected chi connectivity index (χ4v) is 0.885. The number of halogens is 2. The Morgan fingerprint density at radius 3 is 2.75 bits per heavy atom. The Kier molecular flexibility index (Phi) is 2.14. The molecule has 0 saturated heterocycles. The molecule has 0 N–H and O–H groups in total. The van der Waals surface area contributed by atoms with Crippen molar-refractivity contribution in [3.8, 4) is 0 Å². The minimum atomic E-state index is 0.702. The van der Waals surface area contributed by atoms with Crippen molar-refractivity contribution in [2.75, 3.05) is 0 Å². The number of hydrogen-bond acceptors (Lipinski definition) is 0. The molecule has 0 spiro atoms. The summed E-state index contributed by atoms with van der Waals surface area (Å²) in [6.45, 7) is 0. The molecule has 8 heavy (non-hydrogen) atoms. The first-order valence-electron chi connectivity index (χ1n) is 2.12. The topological polar surface area (TPSA) is 0 Å². The van der Waals surface area contributed by atoms with E-state index in [9.17, 15) is 0 Å². The molecule has 0 aromatic heterocycles. The van der Waals surface area contributed by atoms with Gasteiger partial charge in [-0.1, -0.05) is 23.7 Å². The summed E-state index contributed by atoms with van der Waals surface area (Å²) in [7, 11) is 0. The van der Waals surface area contributed by atoms with Gasteiger partial charge < -0.3 is 0 Å². The molecule has 0 aliphatic rings. The standard InChI is InChI=1S/C6H3ClI/c7-5-3-1-2-4-6(5)8/h1-2,4H. The van der Waals surface area contributed by atoms with Gasteiger partial charge in [0.15, 0.2) is 0 Å². The Morgan fingerprint density at radius 2 is 2.38 bits per heavy atom. The summed E-state index contributed by atoms with van der Waals surface area (Å²) in [6.07, 6.45) is 0. The monoisotopic (exact) mass is 237 g/mol. The van der Waals surface area contributed by atoms with E-state index in [1.54, 1.807) is 6.07 Å². The van der Waals surface area contributed by atoms with Crippen molar-refractivity contribution in [2.24, 2.45) is 0 Å². The van der Waals surface area contributed by atoms with Crippen LogP contribution in [-0.2, 0) is 0 Å². The molecular weight excluding hydrogens is 234 g/mol. The molecule has 41 valence electrons.